The Morgan fingerprint density at radius 2 is 1.20 bits per heavy atom. The third kappa shape index (κ3) is 13.4. The van der Waals surface area contributed by atoms with Crippen LogP contribution in [0.5, 0.6) is 0 Å². The van der Waals surface area contributed by atoms with E-state index in [0.29, 0.717) is 19.4 Å². The van der Waals surface area contributed by atoms with Gasteiger partial charge in [0.05, 0.1) is 18.9 Å². The zero-order chi connectivity index (χ0) is 31.7. The summed E-state index contributed by atoms with van der Waals surface area (Å²) in [5.74, 6) is 1.50. The second kappa shape index (κ2) is 19.7. The van der Waals surface area contributed by atoms with Crippen molar-refractivity contribution in [2.75, 3.05) is 46.1 Å². The Bertz CT molecular complexity index is 851. The molecule has 4 saturated carbocycles. The average molecular weight is 634 g/mol. The summed E-state index contributed by atoms with van der Waals surface area (Å²) in [6.45, 7) is 5.82. The fourth-order valence-electron chi connectivity index (χ4n) is 8.94. The van der Waals surface area contributed by atoms with Crippen molar-refractivity contribution in [1.29, 1.82) is 0 Å². The molecule has 0 N–H and O–H groups in total. The first kappa shape index (κ1) is 36.0. The summed E-state index contributed by atoms with van der Waals surface area (Å²) in [4.78, 5) is 40.2. The first-order valence-corrected chi connectivity index (χ1v) is 18.8. The van der Waals surface area contributed by atoms with Gasteiger partial charge in [0.1, 0.15) is 19.8 Å². The highest BCUT2D eigenvalue weighted by atomic mass is 16.7. The minimum atomic E-state index is -0.724. The van der Waals surface area contributed by atoms with Crippen LogP contribution < -0.4 is 0 Å². The molecule has 8 nitrogen and oxygen atoms in total. The smallest absolute Gasteiger partial charge is 0.465 e. The van der Waals surface area contributed by atoms with E-state index in [2.05, 4.69) is 11.8 Å². The molecule has 0 aromatic rings. The van der Waals surface area contributed by atoms with E-state index in [1.54, 1.807) is 0 Å². The average Bonchev–Trinajstić information content (AvgIpc) is 3.52. The Labute approximate surface area is 273 Å². The number of likely N-dealkylation sites (tertiary alicyclic amines) is 1. The van der Waals surface area contributed by atoms with E-state index in [9.17, 15) is 14.4 Å². The van der Waals surface area contributed by atoms with Crippen LogP contribution in [-0.4, -0.2) is 69.1 Å². The molecule has 4 bridgehead atoms. The summed E-state index contributed by atoms with van der Waals surface area (Å²) in [6.07, 6.45) is 23.0. The van der Waals surface area contributed by atoms with Crippen LogP contribution in [0.25, 0.3) is 0 Å². The summed E-state index contributed by atoms with van der Waals surface area (Å²) < 4.78 is 22.0. The van der Waals surface area contributed by atoms with E-state index < -0.39 is 12.1 Å². The number of hydrogen-bond donors (Lipinski definition) is 0. The molecular weight excluding hydrogens is 570 g/mol. The van der Waals surface area contributed by atoms with Gasteiger partial charge >= 0.3 is 18.1 Å². The maximum absolute atomic E-state index is 13.0. The van der Waals surface area contributed by atoms with Gasteiger partial charge in [0, 0.05) is 13.0 Å². The summed E-state index contributed by atoms with van der Waals surface area (Å²) in [7, 11) is 0. The third-order valence-corrected chi connectivity index (χ3v) is 10.9. The molecule has 0 aromatic carbocycles. The van der Waals surface area contributed by atoms with Gasteiger partial charge in [-0.05, 0) is 100 Å². The van der Waals surface area contributed by atoms with Crippen molar-refractivity contribution < 1.29 is 33.3 Å². The fraction of sp³-hybridized carbons (Fsp3) is 0.919. The fourth-order valence-corrected chi connectivity index (χ4v) is 8.94. The zero-order valence-corrected chi connectivity index (χ0v) is 28.4. The molecule has 1 unspecified atom stereocenters. The minimum absolute atomic E-state index is 0.0128. The van der Waals surface area contributed by atoms with Crippen LogP contribution >= 0.6 is 0 Å². The van der Waals surface area contributed by atoms with Crippen molar-refractivity contribution in [3.63, 3.8) is 0 Å². The Balaban J connectivity index is 1.13. The Morgan fingerprint density at radius 3 is 1.80 bits per heavy atom. The number of carbonyl (C=O) groups is 3. The molecule has 0 aromatic heterocycles. The standard InChI is InChI=1S/C37H63NO7/c1-2-3-4-5-6-7-8-9-10-11-15-34(39)43-27-33(29-45-36(41)42-19-14-18-38-16-12-13-17-38)28-44-35(40)26-37-23-30-20-31(24-37)22-32(21-30)25-37/h30-33H,2-29H2,1H3/t30-,31+,32-,33?,37?. The van der Waals surface area contributed by atoms with E-state index in [1.807, 2.05) is 0 Å². The molecule has 5 fully saturated rings. The number of carbonyl (C=O) groups excluding carboxylic acids is 3. The number of esters is 2. The Kier molecular flexibility index (Phi) is 15.8. The molecular formula is C37H63NO7. The van der Waals surface area contributed by atoms with Crippen molar-refractivity contribution in [3.8, 4) is 0 Å². The molecule has 1 saturated heterocycles. The number of unbranched alkanes of at least 4 members (excludes halogenated alkanes) is 9. The van der Waals surface area contributed by atoms with Crippen LogP contribution in [-0.2, 0) is 28.5 Å². The Morgan fingerprint density at radius 1 is 0.667 bits per heavy atom. The summed E-state index contributed by atoms with van der Waals surface area (Å²) in [5, 5.41) is 0. The molecule has 5 aliphatic rings. The molecule has 0 amide bonds. The first-order valence-electron chi connectivity index (χ1n) is 18.8. The van der Waals surface area contributed by atoms with Crippen molar-refractivity contribution >= 4 is 18.1 Å². The molecule has 8 heteroatoms. The van der Waals surface area contributed by atoms with E-state index in [-0.39, 0.29) is 37.2 Å². The molecule has 1 aliphatic heterocycles. The van der Waals surface area contributed by atoms with Crippen LogP contribution in [0.1, 0.15) is 142 Å². The second-order valence-corrected chi connectivity index (χ2v) is 15.1. The number of rotatable bonds is 23. The van der Waals surface area contributed by atoms with Gasteiger partial charge in [0.25, 0.3) is 0 Å². The first-order chi connectivity index (χ1) is 21.9. The highest BCUT2D eigenvalue weighted by Crippen LogP contribution is 2.61. The Hall–Kier alpha value is -1.83. The lowest BCUT2D eigenvalue weighted by Gasteiger charge is -2.56. The van der Waals surface area contributed by atoms with Crippen LogP contribution in [0.2, 0.25) is 0 Å². The third-order valence-electron chi connectivity index (χ3n) is 10.9. The van der Waals surface area contributed by atoms with Crippen molar-refractivity contribution in [2.45, 2.75) is 142 Å². The molecule has 4 aliphatic carbocycles. The number of ether oxygens (including phenoxy) is 4. The summed E-state index contributed by atoms with van der Waals surface area (Å²) in [6, 6.07) is 0. The quantitative estimate of drug-likeness (QED) is 0.0631. The maximum atomic E-state index is 13.0. The highest BCUT2D eigenvalue weighted by Gasteiger charge is 2.51. The molecule has 1 heterocycles. The van der Waals surface area contributed by atoms with E-state index in [0.717, 1.165) is 82.3 Å². The molecule has 258 valence electrons. The zero-order valence-electron chi connectivity index (χ0n) is 28.4. The van der Waals surface area contributed by atoms with Gasteiger partial charge in [-0.15, -0.1) is 0 Å². The number of hydrogen-bond acceptors (Lipinski definition) is 8. The SMILES string of the molecule is CCCCCCCCCCCCC(=O)OCC(COC(=O)CC12C[C@H]3C[C@@H](C1)C[C@@H](C2)C3)COC(=O)OCCCN1CCCC1. The van der Waals surface area contributed by atoms with Crippen molar-refractivity contribution in [1.82, 2.24) is 4.90 Å². The van der Waals surface area contributed by atoms with Crippen molar-refractivity contribution in [2.24, 2.45) is 29.1 Å². The van der Waals surface area contributed by atoms with Crippen LogP contribution in [0.3, 0.4) is 0 Å². The van der Waals surface area contributed by atoms with Crippen LogP contribution in [0.15, 0.2) is 0 Å². The van der Waals surface area contributed by atoms with Gasteiger partial charge in [-0.3, -0.25) is 9.59 Å². The van der Waals surface area contributed by atoms with Gasteiger partial charge in [0.15, 0.2) is 0 Å². The maximum Gasteiger partial charge on any atom is 0.508 e. The van der Waals surface area contributed by atoms with Crippen LogP contribution in [0, 0.1) is 29.1 Å². The van der Waals surface area contributed by atoms with Gasteiger partial charge < -0.3 is 23.8 Å². The summed E-state index contributed by atoms with van der Waals surface area (Å²) >= 11 is 0. The van der Waals surface area contributed by atoms with Crippen molar-refractivity contribution in [3.05, 3.63) is 0 Å². The lowest BCUT2D eigenvalue weighted by molar-refractivity contribution is -0.155. The van der Waals surface area contributed by atoms with E-state index in [4.69, 9.17) is 18.9 Å². The lowest BCUT2D eigenvalue weighted by Crippen LogP contribution is -2.47. The van der Waals surface area contributed by atoms with Gasteiger partial charge in [-0.1, -0.05) is 64.7 Å². The molecule has 5 rings (SSSR count). The molecule has 1 atom stereocenters. The van der Waals surface area contributed by atoms with Gasteiger partial charge in [-0.25, -0.2) is 4.79 Å². The molecule has 0 spiro atoms. The summed E-state index contributed by atoms with van der Waals surface area (Å²) in [5.41, 5.74) is 0.109. The van der Waals surface area contributed by atoms with Gasteiger partial charge in [-0.2, -0.15) is 0 Å². The lowest BCUT2D eigenvalue weighted by atomic mass is 9.49. The topological polar surface area (TPSA) is 91.4 Å². The largest absolute Gasteiger partial charge is 0.508 e. The second-order valence-electron chi connectivity index (χ2n) is 15.1. The monoisotopic (exact) mass is 633 g/mol. The van der Waals surface area contributed by atoms with Gasteiger partial charge in [0.2, 0.25) is 0 Å². The predicted molar refractivity (Wildman–Crippen MR) is 175 cm³/mol. The normalized spacial score (nSPS) is 26.1. The van der Waals surface area contributed by atoms with E-state index >= 15 is 0 Å². The molecule has 45 heavy (non-hydrogen) atoms. The number of nitrogens with zero attached hydrogens (tertiary/aromatic N) is 1. The highest BCUT2D eigenvalue weighted by molar-refractivity contribution is 5.70. The van der Waals surface area contributed by atoms with Crippen LogP contribution in [0.4, 0.5) is 4.79 Å². The predicted octanol–water partition coefficient (Wildman–Crippen LogP) is 8.25. The minimum Gasteiger partial charge on any atom is -0.465 e. The van der Waals surface area contributed by atoms with E-state index in [1.165, 1.54) is 77.0 Å². The molecule has 0 radical (unpaired) electrons.